The van der Waals surface area contributed by atoms with Gasteiger partial charge >= 0.3 is 5.97 Å². The summed E-state index contributed by atoms with van der Waals surface area (Å²) in [5.74, 6) is -0.475. The predicted molar refractivity (Wildman–Crippen MR) is 80.7 cm³/mol. The molecule has 0 bridgehead atoms. The quantitative estimate of drug-likeness (QED) is 0.653. The van der Waals surface area contributed by atoms with Gasteiger partial charge in [0.2, 0.25) is 0 Å². The van der Waals surface area contributed by atoms with Gasteiger partial charge in [0.15, 0.2) is 0 Å². The van der Waals surface area contributed by atoms with Crippen LogP contribution in [0.15, 0.2) is 0 Å². The van der Waals surface area contributed by atoms with Gasteiger partial charge in [-0.1, -0.05) is 13.8 Å². The Balaban J connectivity index is 2.71. The van der Waals surface area contributed by atoms with E-state index in [1.807, 2.05) is 13.8 Å². The first-order valence-electron chi connectivity index (χ1n) is 7.41. The van der Waals surface area contributed by atoms with Crippen molar-refractivity contribution in [1.82, 2.24) is 9.03 Å². The number of nitrogens with zero attached hydrogens (tertiary/aromatic N) is 1. The lowest BCUT2D eigenvalue weighted by Gasteiger charge is -2.36. The zero-order valence-corrected chi connectivity index (χ0v) is 13.9. The average Bonchev–Trinajstić information content (AvgIpc) is 2.52. The average molecular weight is 321 g/mol. The number of hydrogen-bond donors (Lipinski definition) is 2. The van der Waals surface area contributed by atoms with Crippen LogP contribution in [-0.2, 0) is 19.7 Å². The molecular weight excluding hydrogens is 294 g/mol. The van der Waals surface area contributed by atoms with Crippen LogP contribution in [0.25, 0.3) is 0 Å². The fourth-order valence-electron chi connectivity index (χ4n) is 2.56. The molecule has 124 valence electrons. The Morgan fingerprint density at radius 3 is 2.24 bits per heavy atom. The van der Waals surface area contributed by atoms with E-state index in [0.717, 1.165) is 0 Å². The molecule has 1 fully saturated rings. The first-order valence-corrected chi connectivity index (χ1v) is 8.85. The monoisotopic (exact) mass is 321 g/mol. The Labute approximate surface area is 127 Å². The van der Waals surface area contributed by atoms with Crippen LogP contribution in [0.2, 0.25) is 0 Å². The van der Waals surface area contributed by atoms with E-state index in [1.165, 1.54) is 11.4 Å². The van der Waals surface area contributed by atoms with Gasteiger partial charge in [0, 0.05) is 25.2 Å². The van der Waals surface area contributed by atoms with Crippen molar-refractivity contribution in [2.75, 3.05) is 26.7 Å². The molecule has 1 aliphatic heterocycles. The second kappa shape index (κ2) is 7.53. The molecule has 21 heavy (non-hydrogen) atoms. The fraction of sp³-hybridized carbons (Fsp3) is 0.923. The summed E-state index contributed by atoms with van der Waals surface area (Å²) in [6.07, 6.45) is 2.25. The van der Waals surface area contributed by atoms with Gasteiger partial charge in [-0.3, -0.25) is 4.79 Å². The van der Waals surface area contributed by atoms with Crippen molar-refractivity contribution >= 4 is 16.2 Å². The highest BCUT2D eigenvalue weighted by atomic mass is 32.2. The predicted octanol–water partition coefficient (Wildman–Crippen LogP) is 0.223. The zero-order valence-electron chi connectivity index (χ0n) is 13.1. The molecule has 0 unspecified atom stereocenters. The summed E-state index contributed by atoms with van der Waals surface area (Å²) >= 11 is 0. The Kier molecular flexibility index (Phi) is 6.58. The topological polar surface area (TPSA) is 102 Å². The summed E-state index contributed by atoms with van der Waals surface area (Å²) in [6.45, 7) is 4.74. The van der Waals surface area contributed by atoms with Crippen LogP contribution in [0, 0.1) is 5.92 Å². The van der Waals surface area contributed by atoms with E-state index in [4.69, 9.17) is 10.5 Å². The van der Waals surface area contributed by atoms with Gasteiger partial charge in [-0.2, -0.15) is 17.4 Å². The summed E-state index contributed by atoms with van der Waals surface area (Å²) in [5, 5.41) is 0. The summed E-state index contributed by atoms with van der Waals surface area (Å²) < 4.78 is 33.8. The van der Waals surface area contributed by atoms with Gasteiger partial charge in [0.1, 0.15) is 0 Å². The third-order valence-corrected chi connectivity index (χ3v) is 6.15. The number of methoxy groups -OCH3 is 1. The molecule has 0 spiro atoms. The lowest BCUT2D eigenvalue weighted by atomic mass is 9.95. The van der Waals surface area contributed by atoms with E-state index in [1.54, 1.807) is 0 Å². The first kappa shape index (κ1) is 18.3. The van der Waals surface area contributed by atoms with Gasteiger partial charge in [0.05, 0.1) is 13.0 Å². The normalized spacial score (nSPS) is 18.7. The Hall–Kier alpha value is -0.700. The SMILES string of the molecule is CCC(CC)(CN)NS(=O)(=O)N1CCC(C(=O)OC)CC1. The molecule has 0 amide bonds. The molecule has 3 N–H and O–H groups in total. The van der Waals surface area contributed by atoms with Gasteiger partial charge in [-0.15, -0.1) is 0 Å². The van der Waals surface area contributed by atoms with Gasteiger partial charge in [-0.25, -0.2) is 0 Å². The summed E-state index contributed by atoms with van der Waals surface area (Å²) in [6, 6.07) is 0. The van der Waals surface area contributed by atoms with E-state index in [0.29, 0.717) is 38.8 Å². The molecule has 0 aromatic carbocycles. The number of esters is 1. The molecular formula is C13H27N3O4S. The molecule has 7 nitrogen and oxygen atoms in total. The van der Waals surface area contributed by atoms with E-state index in [-0.39, 0.29) is 18.4 Å². The van der Waals surface area contributed by atoms with Crippen molar-refractivity contribution in [1.29, 1.82) is 0 Å². The van der Waals surface area contributed by atoms with Crippen LogP contribution in [0.1, 0.15) is 39.5 Å². The Bertz CT molecular complexity index is 432. The van der Waals surface area contributed by atoms with Crippen LogP contribution >= 0.6 is 0 Å². The largest absolute Gasteiger partial charge is 0.469 e. The number of piperidine rings is 1. The lowest BCUT2D eigenvalue weighted by Crippen LogP contribution is -2.57. The van der Waals surface area contributed by atoms with Crippen LogP contribution in [0.3, 0.4) is 0 Å². The second-order valence-corrected chi connectivity index (χ2v) is 7.17. The Morgan fingerprint density at radius 1 is 1.33 bits per heavy atom. The molecule has 0 radical (unpaired) electrons. The van der Waals surface area contributed by atoms with Crippen molar-refractivity contribution in [3.05, 3.63) is 0 Å². The number of ether oxygens (including phenoxy) is 1. The molecule has 0 aliphatic carbocycles. The smallest absolute Gasteiger partial charge is 0.308 e. The molecule has 1 aliphatic rings. The zero-order chi connectivity index (χ0) is 16.1. The summed E-state index contributed by atoms with van der Waals surface area (Å²) in [5.41, 5.74) is 5.14. The van der Waals surface area contributed by atoms with E-state index in [9.17, 15) is 13.2 Å². The molecule has 0 saturated carbocycles. The van der Waals surface area contributed by atoms with Gasteiger partial charge in [0.25, 0.3) is 10.2 Å². The van der Waals surface area contributed by atoms with Crippen LogP contribution in [0.4, 0.5) is 0 Å². The van der Waals surface area contributed by atoms with E-state index >= 15 is 0 Å². The van der Waals surface area contributed by atoms with Crippen molar-refractivity contribution < 1.29 is 17.9 Å². The number of carbonyl (C=O) groups is 1. The molecule has 1 heterocycles. The fourth-order valence-corrected chi connectivity index (χ4v) is 4.30. The van der Waals surface area contributed by atoms with Crippen molar-refractivity contribution in [3.8, 4) is 0 Å². The van der Waals surface area contributed by atoms with Crippen LogP contribution < -0.4 is 10.5 Å². The molecule has 1 saturated heterocycles. The van der Waals surface area contributed by atoms with Crippen LogP contribution in [0.5, 0.6) is 0 Å². The maximum Gasteiger partial charge on any atom is 0.308 e. The summed E-state index contributed by atoms with van der Waals surface area (Å²) in [4.78, 5) is 11.5. The third-order valence-electron chi connectivity index (χ3n) is 4.42. The number of hydrogen-bond acceptors (Lipinski definition) is 5. The van der Waals surface area contributed by atoms with E-state index in [2.05, 4.69) is 4.72 Å². The van der Waals surface area contributed by atoms with Crippen molar-refractivity contribution in [3.63, 3.8) is 0 Å². The number of carbonyl (C=O) groups excluding carboxylic acids is 1. The molecule has 0 aromatic heterocycles. The minimum Gasteiger partial charge on any atom is -0.469 e. The van der Waals surface area contributed by atoms with Crippen molar-refractivity contribution in [2.24, 2.45) is 11.7 Å². The Morgan fingerprint density at radius 2 is 1.86 bits per heavy atom. The minimum atomic E-state index is -3.58. The van der Waals surface area contributed by atoms with E-state index < -0.39 is 15.7 Å². The van der Waals surface area contributed by atoms with Crippen molar-refractivity contribution in [2.45, 2.75) is 45.1 Å². The standard InChI is InChI=1S/C13H27N3O4S/c1-4-13(5-2,10-14)15-21(18,19)16-8-6-11(7-9-16)12(17)20-3/h11,15H,4-10,14H2,1-3H3. The number of nitrogens with one attached hydrogen (secondary N) is 1. The van der Waals surface area contributed by atoms with Crippen LogP contribution in [-0.4, -0.2) is 51.0 Å². The molecule has 0 atom stereocenters. The molecule has 0 aromatic rings. The first-order chi connectivity index (χ1) is 9.84. The summed E-state index contributed by atoms with van der Waals surface area (Å²) in [7, 11) is -2.23. The molecule has 1 rings (SSSR count). The number of nitrogens with two attached hydrogens (primary N) is 1. The maximum absolute atomic E-state index is 12.5. The lowest BCUT2D eigenvalue weighted by molar-refractivity contribution is -0.146. The van der Waals surface area contributed by atoms with Gasteiger partial charge < -0.3 is 10.5 Å². The molecule has 8 heteroatoms. The highest BCUT2D eigenvalue weighted by molar-refractivity contribution is 7.87. The second-order valence-electron chi connectivity index (χ2n) is 5.50. The maximum atomic E-state index is 12.5. The number of rotatable bonds is 7. The highest BCUT2D eigenvalue weighted by Gasteiger charge is 2.36. The van der Waals surface area contributed by atoms with Gasteiger partial charge in [-0.05, 0) is 25.7 Å². The third kappa shape index (κ3) is 4.38. The highest BCUT2D eigenvalue weighted by Crippen LogP contribution is 2.22. The minimum absolute atomic E-state index is 0.210.